The van der Waals surface area contributed by atoms with E-state index in [1.54, 1.807) is 13.1 Å². The smallest absolute Gasteiger partial charge is 0.382 e. The van der Waals surface area contributed by atoms with E-state index in [0.29, 0.717) is 11.5 Å². The Morgan fingerprint density at radius 2 is 2.13 bits per heavy atom. The third kappa shape index (κ3) is 3.78. The molecule has 0 aliphatic carbocycles. The van der Waals surface area contributed by atoms with Crippen LogP contribution in [-0.2, 0) is 13.6 Å². The number of nitrogens with two attached hydrogens (primary N) is 1. The van der Waals surface area contributed by atoms with Crippen LogP contribution >= 0.6 is 0 Å². The molecule has 0 fully saturated rings. The first-order valence-corrected chi connectivity index (χ1v) is 4.31. The fourth-order valence-corrected chi connectivity index (χ4v) is 1.32. The van der Waals surface area contributed by atoms with E-state index >= 15 is 0 Å². The highest BCUT2D eigenvalue weighted by molar-refractivity contribution is 5.29. The van der Waals surface area contributed by atoms with Crippen LogP contribution in [0.4, 0.5) is 19.0 Å². The van der Waals surface area contributed by atoms with Crippen molar-refractivity contribution in [2.75, 3.05) is 19.3 Å². The molecule has 0 saturated heterocycles. The van der Waals surface area contributed by atoms with E-state index in [0.717, 1.165) is 4.90 Å². The minimum atomic E-state index is -4.18. The Labute approximate surface area is 85.5 Å². The van der Waals surface area contributed by atoms with Crippen LogP contribution < -0.4 is 5.73 Å². The van der Waals surface area contributed by atoms with Gasteiger partial charge in [-0.25, -0.2) is 0 Å². The van der Waals surface area contributed by atoms with Gasteiger partial charge in [0.05, 0.1) is 12.2 Å². The zero-order valence-electron chi connectivity index (χ0n) is 8.54. The largest absolute Gasteiger partial charge is 0.401 e. The molecule has 0 atom stereocenters. The van der Waals surface area contributed by atoms with Gasteiger partial charge in [0, 0.05) is 19.7 Å². The SMILES string of the molecule is CN(Cc1cc(N)nn1C)CC(F)(F)F. The molecule has 1 heterocycles. The van der Waals surface area contributed by atoms with Gasteiger partial charge in [0.1, 0.15) is 5.82 Å². The summed E-state index contributed by atoms with van der Waals surface area (Å²) in [6, 6.07) is 1.56. The van der Waals surface area contributed by atoms with E-state index in [4.69, 9.17) is 5.73 Å². The lowest BCUT2D eigenvalue weighted by Gasteiger charge is -2.18. The monoisotopic (exact) mass is 222 g/mol. The number of aromatic nitrogens is 2. The van der Waals surface area contributed by atoms with Crippen molar-refractivity contribution in [3.63, 3.8) is 0 Å². The van der Waals surface area contributed by atoms with Crippen molar-refractivity contribution in [3.05, 3.63) is 11.8 Å². The molecule has 15 heavy (non-hydrogen) atoms. The average Bonchev–Trinajstić information content (AvgIpc) is 2.25. The third-order valence-corrected chi connectivity index (χ3v) is 1.88. The second-order valence-electron chi connectivity index (χ2n) is 3.47. The number of aryl methyl sites for hydroxylation is 1. The molecule has 0 aliphatic rings. The normalized spacial score (nSPS) is 12.4. The summed E-state index contributed by atoms with van der Waals surface area (Å²) in [4.78, 5) is 1.16. The van der Waals surface area contributed by atoms with Crippen molar-refractivity contribution in [1.82, 2.24) is 14.7 Å². The molecular formula is C8H13F3N4. The molecule has 7 heteroatoms. The van der Waals surface area contributed by atoms with Crippen LogP contribution in [0, 0.1) is 0 Å². The lowest BCUT2D eigenvalue weighted by Crippen LogP contribution is -2.31. The molecule has 1 aromatic heterocycles. The molecule has 1 rings (SSSR count). The standard InChI is InChI=1S/C8H13F3N4/c1-14(5-8(9,10)11)4-6-3-7(12)13-15(6)2/h3H,4-5H2,1-2H3,(H2,12,13). The van der Waals surface area contributed by atoms with Crippen LogP contribution in [0.3, 0.4) is 0 Å². The number of anilines is 1. The average molecular weight is 222 g/mol. The number of nitrogen functional groups attached to an aromatic ring is 1. The fourth-order valence-electron chi connectivity index (χ4n) is 1.32. The van der Waals surface area contributed by atoms with Gasteiger partial charge in [0.2, 0.25) is 0 Å². The van der Waals surface area contributed by atoms with E-state index in [-0.39, 0.29) is 6.54 Å². The van der Waals surface area contributed by atoms with Crippen LogP contribution in [0.2, 0.25) is 0 Å². The number of rotatable bonds is 3. The lowest BCUT2D eigenvalue weighted by atomic mass is 10.4. The maximum atomic E-state index is 12.0. The highest BCUT2D eigenvalue weighted by Crippen LogP contribution is 2.17. The Bertz CT molecular complexity index is 331. The lowest BCUT2D eigenvalue weighted by molar-refractivity contribution is -0.144. The third-order valence-electron chi connectivity index (χ3n) is 1.88. The number of hydrogen-bond acceptors (Lipinski definition) is 3. The van der Waals surface area contributed by atoms with Gasteiger partial charge in [-0.05, 0) is 7.05 Å². The van der Waals surface area contributed by atoms with Crippen LogP contribution in [-0.4, -0.2) is 34.4 Å². The van der Waals surface area contributed by atoms with E-state index < -0.39 is 12.7 Å². The molecule has 1 aromatic rings. The highest BCUT2D eigenvalue weighted by Gasteiger charge is 2.29. The van der Waals surface area contributed by atoms with E-state index in [9.17, 15) is 13.2 Å². The summed E-state index contributed by atoms with van der Waals surface area (Å²) in [5, 5.41) is 3.85. The molecule has 0 spiro atoms. The Kier molecular flexibility index (Phi) is 3.23. The maximum Gasteiger partial charge on any atom is 0.401 e. The Hall–Kier alpha value is -1.24. The van der Waals surface area contributed by atoms with Crippen LogP contribution in [0.25, 0.3) is 0 Å². The number of nitrogens with zero attached hydrogens (tertiary/aromatic N) is 3. The number of alkyl halides is 3. The molecule has 0 saturated carbocycles. The number of hydrogen-bond donors (Lipinski definition) is 1. The first-order valence-electron chi connectivity index (χ1n) is 4.31. The number of halogens is 3. The molecule has 0 unspecified atom stereocenters. The topological polar surface area (TPSA) is 47.1 Å². The van der Waals surface area contributed by atoms with Gasteiger partial charge in [-0.15, -0.1) is 0 Å². The predicted molar refractivity (Wildman–Crippen MR) is 50.0 cm³/mol. The van der Waals surface area contributed by atoms with Crippen molar-refractivity contribution >= 4 is 5.82 Å². The molecule has 0 aliphatic heterocycles. The van der Waals surface area contributed by atoms with Gasteiger partial charge in [-0.2, -0.15) is 18.3 Å². The van der Waals surface area contributed by atoms with Crippen molar-refractivity contribution < 1.29 is 13.2 Å². The summed E-state index contributed by atoms with van der Waals surface area (Å²) in [6.07, 6.45) is -4.18. The summed E-state index contributed by atoms with van der Waals surface area (Å²) < 4.78 is 37.6. The molecule has 0 bridgehead atoms. The van der Waals surface area contributed by atoms with E-state index in [1.165, 1.54) is 11.7 Å². The first-order chi connectivity index (χ1) is 6.78. The molecule has 0 amide bonds. The van der Waals surface area contributed by atoms with Crippen LogP contribution in [0.15, 0.2) is 6.07 Å². The summed E-state index contributed by atoms with van der Waals surface area (Å²) in [7, 11) is 3.05. The molecule has 0 aromatic carbocycles. The highest BCUT2D eigenvalue weighted by atomic mass is 19.4. The molecular weight excluding hydrogens is 209 g/mol. The summed E-state index contributed by atoms with van der Waals surface area (Å²) >= 11 is 0. The second-order valence-corrected chi connectivity index (χ2v) is 3.47. The molecule has 0 radical (unpaired) electrons. The zero-order valence-corrected chi connectivity index (χ0v) is 8.54. The minimum absolute atomic E-state index is 0.167. The van der Waals surface area contributed by atoms with Crippen LogP contribution in [0.5, 0.6) is 0 Å². The van der Waals surface area contributed by atoms with Crippen molar-refractivity contribution in [3.8, 4) is 0 Å². The fraction of sp³-hybridized carbons (Fsp3) is 0.625. The van der Waals surface area contributed by atoms with Crippen molar-refractivity contribution in [2.45, 2.75) is 12.7 Å². The van der Waals surface area contributed by atoms with Gasteiger partial charge in [-0.1, -0.05) is 0 Å². The molecule has 4 nitrogen and oxygen atoms in total. The van der Waals surface area contributed by atoms with Gasteiger partial charge in [0.15, 0.2) is 0 Å². The van der Waals surface area contributed by atoms with Crippen molar-refractivity contribution in [2.24, 2.45) is 7.05 Å². The van der Waals surface area contributed by atoms with Gasteiger partial charge in [0.25, 0.3) is 0 Å². The summed E-state index contributed by atoms with van der Waals surface area (Å²) in [5.74, 6) is 0.313. The zero-order chi connectivity index (χ0) is 11.6. The predicted octanol–water partition coefficient (Wildman–Crippen LogP) is 0.996. The minimum Gasteiger partial charge on any atom is -0.382 e. The maximum absolute atomic E-state index is 12.0. The Morgan fingerprint density at radius 3 is 2.53 bits per heavy atom. The quantitative estimate of drug-likeness (QED) is 0.829. The van der Waals surface area contributed by atoms with Gasteiger partial charge < -0.3 is 5.73 Å². The molecule has 86 valence electrons. The molecule has 2 N–H and O–H groups in total. The van der Waals surface area contributed by atoms with E-state index in [1.807, 2.05) is 0 Å². The van der Waals surface area contributed by atoms with Crippen molar-refractivity contribution in [1.29, 1.82) is 0 Å². The van der Waals surface area contributed by atoms with Crippen LogP contribution in [0.1, 0.15) is 5.69 Å². The Balaban J connectivity index is 2.58. The Morgan fingerprint density at radius 1 is 1.53 bits per heavy atom. The van der Waals surface area contributed by atoms with E-state index in [2.05, 4.69) is 5.10 Å². The summed E-state index contributed by atoms with van der Waals surface area (Å²) in [5.41, 5.74) is 6.06. The first kappa shape index (κ1) is 11.8. The summed E-state index contributed by atoms with van der Waals surface area (Å²) in [6.45, 7) is -0.779. The second kappa shape index (κ2) is 4.09. The van der Waals surface area contributed by atoms with Gasteiger partial charge in [-0.3, -0.25) is 9.58 Å². The van der Waals surface area contributed by atoms with Gasteiger partial charge >= 0.3 is 6.18 Å².